The molecule has 0 amide bonds. The molecular formula is C22H31N5O6S. The van der Waals surface area contributed by atoms with Crippen LogP contribution in [-0.2, 0) is 10.1 Å². The minimum atomic E-state index is -4.28. The number of nitro benzene ring substituents is 1. The highest BCUT2D eigenvalue weighted by atomic mass is 32.2. The largest absolute Gasteiger partial charge is 0.748 e. The Bertz CT molecular complexity index is 1100. The molecule has 11 nitrogen and oxygen atoms in total. The Morgan fingerprint density at radius 2 is 1.68 bits per heavy atom. The molecule has 0 radical (unpaired) electrons. The summed E-state index contributed by atoms with van der Waals surface area (Å²) in [5.74, 6) is 0.0496. The standard InChI is InChI=1S/C22H31N5O6S/c1-27(2,3)15-5-13-25(14-6-16-34(30,31)32)20-11-12-21(22(17-20)33-4)24-23-18-7-9-19(10-8-18)26(28)29/h7-12,17H,5-6,13-16H2,1-4H3. The molecule has 0 N–H and O–H groups in total. The van der Waals surface area contributed by atoms with Crippen LogP contribution < -0.4 is 9.64 Å². The molecule has 34 heavy (non-hydrogen) atoms. The molecule has 0 aliphatic carbocycles. The zero-order valence-electron chi connectivity index (χ0n) is 19.9. The average Bonchev–Trinajstić information content (AvgIpc) is 2.75. The Morgan fingerprint density at radius 1 is 1.03 bits per heavy atom. The summed E-state index contributed by atoms with van der Waals surface area (Å²) in [5, 5.41) is 19.1. The average molecular weight is 494 g/mol. The van der Waals surface area contributed by atoms with Crippen LogP contribution in [0.4, 0.5) is 22.7 Å². The number of nitrogens with zero attached hydrogens (tertiary/aromatic N) is 5. The van der Waals surface area contributed by atoms with Crippen LogP contribution in [-0.4, -0.2) is 76.0 Å². The number of nitro groups is 1. The predicted octanol–water partition coefficient (Wildman–Crippen LogP) is 3.86. The number of hydrogen-bond acceptors (Lipinski definition) is 9. The Labute approximate surface area is 200 Å². The zero-order chi connectivity index (χ0) is 25.4. The summed E-state index contributed by atoms with van der Waals surface area (Å²) in [6.45, 7) is 2.02. The molecule has 0 heterocycles. The van der Waals surface area contributed by atoms with Crippen molar-refractivity contribution < 1.29 is 27.1 Å². The van der Waals surface area contributed by atoms with E-state index in [1.165, 1.54) is 31.4 Å². The molecule has 0 saturated heterocycles. The van der Waals surface area contributed by atoms with Crippen molar-refractivity contribution in [2.45, 2.75) is 12.8 Å². The van der Waals surface area contributed by atoms with Gasteiger partial charge in [-0.05, 0) is 30.7 Å². The van der Waals surface area contributed by atoms with Gasteiger partial charge in [-0.3, -0.25) is 10.1 Å². The number of azo groups is 1. The Kier molecular flexibility index (Phi) is 9.47. The molecule has 2 rings (SSSR count). The van der Waals surface area contributed by atoms with Crippen LogP contribution in [0.1, 0.15) is 12.8 Å². The van der Waals surface area contributed by atoms with Gasteiger partial charge in [0.15, 0.2) is 0 Å². The number of benzene rings is 2. The zero-order valence-corrected chi connectivity index (χ0v) is 20.7. The number of hydrogen-bond donors (Lipinski definition) is 0. The van der Waals surface area contributed by atoms with Crippen molar-refractivity contribution in [2.24, 2.45) is 10.2 Å². The summed E-state index contributed by atoms with van der Waals surface area (Å²) in [5.41, 5.74) is 1.71. The molecule has 0 bridgehead atoms. The smallest absolute Gasteiger partial charge is 0.269 e. The maximum absolute atomic E-state index is 11.0. The monoisotopic (exact) mass is 493 g/mol. The first-order chi connectivity index (χ1) is 15.9. The van der Waals surface area contributed by atoms with E-state index in [0.29, 0.717) is 30.2 Å². The Hall–Kier alpha value is -3.09. The second-order valence-electron chi connectivity index (χ2n) is 8.80. The Balaban J connectivity index is 2.20. The molecule has 0 unspecified atom stereocenters. The molecule has 0 fully saturated rings. The summed E-state index contributed by atoms with van der Waals surface area (Å²) in [6.07, 6.45) is 1.09. The number of non-ortho nitro benzene ring substituents is 1. The second-order valence-corrected chi connectivity index (χ2v) is 10.3. The number of rotatable bonds is 13. The topological polar surface area (TPSA) is 138 Å². The quantitative estimate of drug-likeness (QED) is 0.136. The van der Waals surface area contributed by atoms with E-state index in [9.17, 15) is 23.1 Å². The number of quaternary nitrogens is 1. The predicted molar refractivity (Wildman–Crippen MR) is 129 cm³/mol. The van der Waals surface area contributed by atoms with Crippen LogP contribution in [0.3, 0.4) is 0 Å². The van der Waals surface area contributed by atoms with Crippen LogP contribution in [0.2, 0.25) is 0 Å². The van der Waals surface area contributed by atoms with Crippen molar-refractivity contribution in [2.75, 3.05) is 58.5 Å². The lowest BCUT2D eigenvalue weighted by atomic mass is 10.2. The van der Waals surface area contributed by atoms with E-state index in [2.05, 4.69) is 31.4 Å². The fourth-order valence-corrected chi connectivity index (χ4v) is 3.72. The van der Waals surface area contributed by atoms with E-state index in [4.69, 9.17) is 4.74 Å². The molecule has 186 valence electrons. The first-order valence-electron chi connectivity index (χ1n) is 10.7. The normalized spacial score (nSPS) is 12.1. The highest BCUT2D eigenvalue weighted by Gasteiger charge is 2.14. The van der Waals surface area contributed by atoms with Gasteiger partial charge in [-0.25, -0.2) is 8.42 Å². The minimum absolute atomic E-state index is 0.0315. The fraction of sp³-hybridized carbons (Fsp3) is 0.455. The summed E-state index contributed by atoms with van der Waals surface area (Å²) < 4.78 is 39.4. The van der Waals surface area contributed by atoms with E-state index >= 15 is 0 Å². The van der Waals surface area contributed by atoms with Crippen LogP contribution in [0.25, 0.3) is 0 Å². The van der Waals surface area contributed by atoms with Gasteiger partial charge in [0.25, 0.3) is 5.69 Å². The minimum Gasteiger partial charge on any atom is -0.748 e. The summed E-state index contributed by atoms with van der Waals surface area (Å²) in [4.78, 5) is 12.3. The van der Waals surface area contributed by atoms with Gasteiger partial charge in [0, 0.05) is 49.1 Å². The van der Waals surface area contributed by atoms with Crippen molar-refractivity contribution in [3.63, 3.8) is 0 Å². The molecule has 0 aliphatic rings. The number of ether oxygens (including phenoxy) is 1. The van der Waals surface area contributed by atoms with Gasteiger partial charge in [-0.15, -0.1) is 5.11 Å². The third-order valence-corrected chi connectivity index (χ3v) is 5.73. The highest BCUT2D eigenvalue weighted by Crippen LogP contribution is 2.33. The highest BCUT2D eigenvalue weighted by molar-refractivity contribution is 7.85. The molecular weight excluding hydrogens is 462 g/mol. The molecule has 2 aromatic carbocycles. The van der Waals surface area contributed by atoms with E-state index in [-0.39, 0.29) is 12.1 Å². The van der Waals surface area contributed by atoms with Crippen LogP contribution in [0.15, 0.2) is 52.7 Å². The van der Waals surface area contributed by atoms with Gasteiger partial charge >= 0.3 is 0 Å². The van der Waals surface area contributed by atoms with Gasteiger partial charge in [-0.1, -0.05) is 0 Å². The van der Waals surface area contributed by atoms with Crippen LogP contribution in [0, 0.1) is 10.1 Å². The fourth-order valence-electron chi connectivity index (χ4n) is 3.24. The van der Waals surface area contributed by atoms with Crippen molar-refractivity contribution in [3.05, 3.63) is 52.6 Å². The van der Waals surface area contributed by atoms with Gasteiger partial charge in [0.05, 0.1) is 55.5 Å². The lowest BCUT2D eigenvalue weighted by Crippen LogP contribution is -2.38. The lowest BCUT2D eigenvalue weighted by molar-refractivity contribution is -0.870. The number of methoxy groups -OCH3 is 1. The maximum Gasteiger partial charge on any atom is 0.269 e. The van der Waals surface area contributed by atoms with E-state index in [1.807, 2.05) is 11.0 Å². The Morgan fingerprint density at radius 3 is 2.24 bits per heavy atom. The van der Waals surface area contributed by atoms with Gasteiger partial charge < -0.3 is 18.7 Å². The van der Waals surface area contributed by atoms with Crippen molar-refractivity contribution in [1.82, 2.24) is 0 Å². The number of anilines is 1. The molecule has 12 heteroatoms. The lowest BCUT2D eigenvalue weighted by Gasteiger charge is -2.29. The molecule has 0 aromatic heterocycles. The van der Waals surface area contributed by atoms with E-state index in [0.717, 1.165) is 23.1 Å². The van der Waals surface area contributed by atoms with Gasteiger partial charge in [0.1, 0.15) is 11.4 Å². The van der Waals surface area contributed by atoms with Crippen molar-refractivity contribution >= 4 is 32.9 Å². The first kappa shape index (κ1) is 27.2. The van der Waals surface area contributed by atoms with E-state index < -0.39 is 20.8 Å². The van der Waals surface area contributed by atoms with Crippen LogP contribution in [0.5, 0.6) is 5.75 Å². The molecule has 0 aliphatic heterocycles. The second kappa shape index (κ2) is 11.9. The molecule has 0 atom stereocenters. The third kappa shape index (κ3) is 9.41. The van der Waals surface area contributed by atoms with Crippen LogP contribution >= 0.6 is 0 Å². The third-order valence-electron chi connectivity index (χ3n) is 4.94. The maximum atomic E-state index is 11.0. The first-order valence-corrected chi connectivity index (χ1v) is 12.3. The molecule has 0 spiro atoms. The summed E-state index contributed by atoms with van der Waals surface area (Å²) >= 11 is 0. The summed E-state index contributed by atoms with van der Waals surface area (Å²) in [6, 6.07) is 11.1. The van der Waals surface area contributed by atoms with Crippen molar-refractivity contribution in [3.8, 4) is 5.75 Å². The SMILES string of the molecule is COc1cc(N(CCC[N+](C)(C)C)CCCS(=O)(=O)[O-])ccc1N=Nc1ccc([N+](=O)[O-])cc1. The van der Waals surface area contributed by atoms with Crippen molar-refractivity contribution in [1.29, 1.82) is 0 Å². The van der Waals surface area contributed by atoms with Gasteiger partial charge in [-0.2, -0.15) is 5.11 Å². The molecule has 2 aromatic rings. The molecule has 0 saturated carbocycles. The van der Waals surface area contributed by atoms with E-state index in [1.54, 1.807) is 12.1 Å². The summed E-state index contributed by atoms with van der Waals surface area (Å²) in [7, 11) is 3.53. The van der Waals surface area contributed by atoms with Gasteiger partial charge in [0.2, 0.25) is 0 Å².